The first-order valence-electron chi connectivity index (χ1n) is 12.8. The van der Waals surface area contributed by atoms with Gasteiger partial charge in [-0.2, -0.15) is 4.98 Å². The summed E-state index contributed by atoms with van der Waals surface area (Å²) in [4.78, 5) is 17.6. The van der Waals surface area contributed by atoms with Crippen LogP contribution in [0.15, 0.2) is 87.6 Å². The third kappa shape index (κ3) is 6.22. The number of aromatic nitrogens is 3. The van der Waals surface area contributed by atoms with Crippen molar-refractivity contribution >= 4 is 51.0 Å². The highest BCUT2D eigenvalue weighted by molar-refractivity contribution is 9.10. The van der Waals surface area contributed by atoms with Gasteiger partial charge in [0.2, 0.25) is 11.1 Å². The number of allylic oxidation sites excluding steroid dienone is 2. The van der Waals surface area contributed by atoms with Gasteiger partial charge in [-0.1, -0.05) is 75.7 Å². The molecule has 40 heavy (non-hydrogen) atoms. The van der Waals surface area contributed by atoms with Gasteiger partial charge in [0.1, 0.15) is 12.6 Å². The van der Waals surface area contributed by atoms with E-state index in [-0.39, 0.29) is 5.78 Å². The zero-order valence-corrected chi connectivity index (χ0v) is 25.4. The number of nitrogens with one attached hydrogen (secondary N) is 1. The summed E-state index contributed by atoms with van der Waals surface area (Å²) >= 11 is 11.3. The van der Waals surface area contributed by atoms with Crippen molar-refractivity contribution in [2.45, 2.75) is 44.3 Å². The third-order valence-corrected chi connectivity index (χ3v) is 8.14. The maximum atomic E-state index is 12.9. The van der Waals surface area contributed by atoms with Crippen LogP contribution in [-0.2, 0) is 17.2 Å². The second-order valence-electron chi connectivity index (χ2n) is 9.22. The summed E-state index contributed by atoms with van der Waals surface area (Å²) in [7, 11) is 0. The number of nitrogens with zero attached hydrogens (tertiary/aromatic N) is 3. The van der Waals surface area contributed by atoms with Gasteiger partial charge in [0, 0.05) is 26.5 Å². The van der Waals surface area contributed by atoms with Gasteiger partial charge in [-0.15, -0.1) is 5.10 Å². The molecule has 1 aliphatic rings. The predicted molar refractivity (Wildman–Crippen MR) is 162 cm³/mol. The first-order valence-corrected chi connectivity index (χ1v) is 14.9. The van der Waals surface area contributed by atoms with Gasteiger partial charge in [0.25, 0.3) is 0 Å². The Morgan fingerprint density at radius 1 is 1.10 bits per heavy atom. The third-order valence-electron chi connectivity index (χ3n) is 6.39. The van der Waals surface area contributed by atoms with Crippen molar-refractivity contribution < 1.29 is 14.3 Å². The molecule has 0 bridgehead atoms. The van der Waals surface area contributed by atoms with E-state index in [1.165, 1.54) is 11.8 Å². The molecule has 0 amide bonds. The molecule has 4 aromatic rings. The minimum absolute atomic E-state index is 0.0469. The van der Waals surface area contributed by atoms with E-state index in [1.807, 2.05) is 80.6 Å². The van der Waals surface area contributed by atoms with Gasteiger partial charge in [-0.05, 0) is 67.8 Å². The fraction of sp³-hybridized carbons (Fsp3) is 0.233. The summed E-state index contributed by atoms with van der Waals surface area (Å²) < 4.78 is 14.9. The van der Waals surface area contributed by atoms with Gasteiger partial charge < -0.3 is 14.8 Å². The highest BCUT2D eigenvalue weighted by atomic mass is 79.9. The normalized spacial score (nSPS) is 14.5. The van der Waals surface area contributed by atoms with Crippen LogP contribution in [0.2, 0.25) is 5.02 Å². The monoisotopic (exact) mass is 638 g/mol. The smallest absolute Gasteiger partial charge is 0.227 e. The number of carbonyl (C=O) groups excluding carboxylic acids is 1. The van der Waals surface area contributed by atoms with E-state index in [1.54, 1.807) is 11.6 Å². The van der Waals surface area contributed by atoms with Crippen molar-refractivity contribution in [3.05, 3.63) is 104 Å². The lowest BCUT2D eigenvalue weighted by atomic mass is 9.93. The number of ketones is 1. The number of ether oxygens (including phenoxy) is 2. The minimum atomic E-state index is -0.478. The van der Waals surface area contributed by atoms with E-state index in [4.69, 9.17) is 31.2 Å². The molecule has 0 fully saturated rings. The number of hydrogen-bond acceptors (Lipinski definition) is 7. The average molecular weight is 640 g/mol. The second kappa shape index (κ2) is 12.5. The van der Waals surface area contributed by atoms with E-state index in [9.17, 15) is 4.79 Å². The number of benzene rings is 3. The summed E-state index contributed by atoms with van der Waals surface area (Å²) in [6, 6.07) is 21.0. The first kappa shape index (κ1) is 28.3. The molecule has 1 unspecified atom stereocenters. The molecule has 0 spiro atoms. The van der Waals surface area contributed by atoms with Crippen molar-refractivity contribution in [1.82, 2.24) is 14.8 Å². The zero-order chi connectivity index (χ0) is 28.2. The van der Waals surface area contributed by atoms with E-state index in [0.717, 1.165) is 26.9 Å². The largest absolute Gasteiger partial charge is 0.490 e. The quantitative estimate of drug-likeness (QED) is 0.177. The molecule has 0 aliphatic carbocycles. The van der Waals surface area contributed by atoms with Crippen LogP contribution in [0.4, 0.5) is 5.95 Å². The van der Waals surface area contributed by atoms with Crippen LogP contribution in [0.25, 0.3) is 0 Å². The Bertz CT molecular complexity index is 1590. The molecule has 1 atom stereocenters. The van der Waals surface area contributed by atoms with Crippen molar-refractivity contribution in [2.75, 3.05) is 11.9 Å². The summed E-state index contributed by atoms with van der Waals surface area (Å²) in [6.45, 7) is 6.25. The summed E-state index contributed by atoms with van der Waals surface area (Å²) in [5, 5.41) is 9.36. The summed E-state index contributed by atoms with van der Waals surface area (Å²) in [5.74, 6) is 2.37. The molecule has 0 radical (unpaired) electrons. The number of anilines is 1. The van der Waals surface area contributed by atoms with Crippen molar-refractivity contribution in [1.29, 1.82) is 0 Å². The lowest BCUT2D eigenvalue weighted by Gasteiger charge is -2.28. The number of halogens is 2. The van der Waals surface area contributed by atoms with E-state index >= 15 is 0 Å². The number of carbonyl (C=O) groups is 1. The fourth-order valence-corrected chi connectivity index (χ4v) is 6.15. The molecule has 2 heterocycles. The molecular weight excluding hydrogens is 612 g/mol. The number of thioether (sulfide) groups is 1. The SMILES string of the molecule is CCOc1cc(C2C(C(C)=O)=C(C)Nc3nc(SCc4ccccc4Cl)nn32)ccc1OCc1cccc(Br)c1. The standard InChI is InChI=1S/C30H28BrClN4O3S/c1-4-38-26-15-21(12-13-25(26)39-16-20-8-7-10-23(31)14-20)28-27(19(3)37)18(2)33-29-34-30(35-36(28)29)40-17-22-9-5-6-11-24(22)32/h5-15,28H,4,16-17H2,1-3H3,(H,33,34,35). The molecule has 0 saturated heterocycles. The molecule has 10 heteroatoms. The van der Waals surface area contributed by atoms with E-state index in [2.05, 4.69) is 21.2 Å². The highest BCUT2D eigenvalue weighted by Gasteiger charge is 2.33. The molecule has 206 valence electrons. The van der Waals surface area contributed by atoms with Crippen LogP contribution in [0.5, 0.6) is 11.5 Å². The predicted octanol–water partition coefficient (Wildman–Crippen LogP) is 7.84. The first-order chi connectivity index (χ1) is 19.3. The van der Waals surface area contributed by atoms with E-state index < -0.39 is 6.04 Å². The van der Waals surface area contributed by atoms with Crippen LogP contribution >= 0.6 is 39.3 Å². The lowest BCUT2D eigenvalue weighted by molar-refractivity contribution is -0.114. The number of hydrogen-bond donors (Lipinski definition) is 1. The highest BCUT2D eigenvalue weighted by Crippen LogP contribution is 2.40. The summed E-state index contributed by atoms with van der Waals surface area (Å²) in [6.07, 6.45) is 0. The lowest BCUT2D eigenvalue weighted by Crippen LogP contribution is -2.27. The Hall–Kier alpha value is -3.27. The minimum Gasteiger partial charge on any atom is -0.490 e. The summed E-state index contributed by atoms with van der Waals surface area (Å²) in [5.41, 5.74) is 4.24. The van der Waals surface area contributed by atoms with Gasteiger partial charge in [0.15, 0.2) is 17.3 Å². The van der Waals surface area contributed by atoms with Gasteiger partial charge in [-0.3, -0.25) is 4.79 Å². The number of Topliss-reactive ketones (excluding diaryl/α,β-unsaturated/α-hetero) is 1. The molecule has 1 aromatic heterocycles. The van der Waals surface area contributed by atoms with Crippen LogP contribution in [0.3, 0.4) is 0 Å². The van der Waals surface area contributed by atoms with Crippen molar-refractivity contribution in [2.24, 2.45) is 0 Å². The zero-order valence-electron chi connectivity index (χ0n) is 22.3. The molecule has 3 aromatic carbocycles. The molecular formula is C30H28BrClN4O3S. The van der Waals surface area contributed by atoms with E-state index in [0.29, 0.717) is 52.2 Å². The topological polar surface area (TPSA) is 78.3 Å². The van der Waals surface area contributed by atoms with Gasteiger partial charge in [-0.25, -0.2) is 4.68 Å². The maximum Gasteiger partial charge on any atom is 0.227 e. The van der Waals surface area contributed by atoms with Crippen LogP contribution in [0, 0.1) is 0 Å². The maximum absolute atomic E-state index is 12.9. The Labute approximate surface area is 251 Å². The molecule has 5 rings (SSSR count). The van der Waals surface area contributed by atoms with Crippen molar-refractivity contribution in [3.63, 3.8) is 0 Å². The van der Waals surface area contributed by atoms with Crippen molar-refractivity contribution in [3.8, 4) is 11.5 Å². The van der Waals surface area contributed by atoms with Crippen LogP contribution in [-0.4, -0.2) is 27.2 Å². The molecule has 0 saturated carbocycles. The number of fused-ring (bicyclic) bond motifs is 1. The fourth-order valence-electron chi connectivity index (χ4n) is 4.58. The molecule has 1 aliphatic heterocycles. The van der Waals surface area contributed by atoms with Crippen LogP contribution < -0.4 is 14.8 Å². The molecule has 7 nitrogen and oxygen atoms in total. The Morgan fingerprint density at radius 2 is 1.93 bits per heavy atom. The average Bonchev–Trinajstić information content (AvgIpc) is 3.33. The number of rotatable bonds is 10. The Morgan fingerprint density at radius 3 is 2.67 bits per heavy atom. The Kier molecular flexibility index (Phi) is 8.83. The second-order valence-corrected chi connectivity index (χ2v) is 11.5. The Balaban J connectivity index is 1.46. The molecule has 1 N–H and O–H groups in total. The van der Waals surface area contributed by atoms with Crippen LogP contribution in [0.1, 0.15) is 43.5 Å². The van der Waals surface area contributed by atoms with Gasteiger partial charge in [0.05, 0.1) is 6.61 Å². The van der Waals surface area contributed by atoms with Gasteiger partial charge >= 0.3 is 0 Å².